The second kappa shape index (κ2) is 9.89. The number of rotatable bonds is 8. The molecule has 9 nitrogen and oxygen atoms in total. The quantitative estimate of drug-likeness (QED) is 0.302. The Bertz CT molecular complexity index is 1390. The smallest absolute Gasteiger partial charge is 0.274 e. The third-order valence-corrected chi connectivity index (χ3v) is 6.05. The summed E-state index contributed by atoms with van der Waals surface area (Å²) < 4.78 is 15.6. The first-order valence-corrected chi connectivity index (χ1v) is 11.0. The largest absolute Gasteiger partial charge is 0.395 e. The van der Waals surface area contributed by atoms with E-state index in [1.54, 1.807) is 41.1 Å². The molecule has 11 heteroatoms. The standard InChI is InChI=1S/C23H21FN6O3S/c24-14-5-6-17-16(9-14)13(12-30(17)7-8-31)10-28-23(33)20-21(25)27-11-19(29-20)34-18-4-2-1-3-15(18)22(26)32/h1-6,9,11-12,31H,7-8,10H2,(H2,25,27)(H2,26,32)(H,28,33). The monoisotopic (exact) mass is 480 g/mol. The average molecular weight is 481 g/mol. The molecule has 0 saturated carbocycles. The molecule has 0 unspecified atom stereocenters. The van der Waals surface area contributed by atoms with Gasteiger partial charge in [-0.15, -0.1) is 0 Å². The number of carbonyl (C=O) groups excluding carboxylic acids is 2. The first-order valence-electron chi connectivity index (χ1n) is 10.2. The Balaban J connectivity index is 1.55. The molecule has 6 N–H and O–H groups in total. The molecule has 0 spiro atoms. The lowest BCUT2D eigenvalue weighted by Crippen LogP contribution is -2.25. The number of benzene rings is 2. The summed E-state index contributed by atoms with van der Waals surface area (Å²) in [6.07, 6.45) is 3.16. The lowest BCUT2D eigenvalue weighted by atomic mass is 10.1. The number of fused-ring (bicyclic) bond motifs is 1. The summed E-state index contributed by atoms with van der Waals surface area (Å²) in [6, 6.07) is 11.1. The van der Waals surface area contributed by atoms with E-state index in [-0.39, 0.29) is 24.7 Å². The summed E-state index contributed by atoms with van der Waals surface area (Å²) in [5.41, 5.74) is 13.0. The van der Waals surface area contributed by atoms with Gasteiger partial charge in [0.1, 0.15) is 10.8 Å². The van der Waals surface area contributed by atoms with E-state index in [9.17, 15) is 19.1 Å². The Kier molecular flexibility index (Phi) is 6.75. The van der Waals surface area contributed by atoms with Crippen molar-refractivity contribution in [2.75, 3.05) is 12.3 Å². The van der Waals surface area contributed by atoms with Crippen molar-refractivity contribution in [3.63, 3.8) is 0 Å². The molecule has 0 aliphatic carbocycles. The third kappa shape index (κ3) is 4.85. The molecule has 4 aromatic rings. The number of primary amides is 1. The number of amides is 2. The van der Waals surface area contributed by atoms with Crippen LogP contribution in [-0.4, -0.2) is 38.1 Å². The molecule has 4 rings (SSSR count). The minimum Gasteiger partial charge on any atom is -0.395 e. The second-order valence-corrected chi connectivity index (χ2v) is 8.38. The lowest BCUT2D eigenvalue weighted by molar-refractivity contribution is 0.0944. The van der Waals surface area contributed by atoms with Crippen LogP contribution in [0.1, 0.15) is 26.4 Å². The van der Waals surface area contributed by atoms with Crippen molar-refractivity contribution >= 4 is 40.3 Å². The van der Waals surface area contributed by atoms with Gasteiger partial charge in [0.05, 0.1) is 18.4 Å². The molecule has 2 aromatic heterocycles. The predicted molar refractivity (Wildman–Crippen MR) is 126 cm³/mol. The van der Waals surface area contributed by atoms with Crippen LogP contribution in [0.5, 0.6) is 0 Å². The van der Waals surface area contributed by atoms with Crippen LogP contribution >= 0.6 is 11.8 Å². The van der Waals surface area contributed by atoms with Crippen LogP contribution < -0.4 is 16.8 Å². The maximum absolute atomic E-state index is 13.8. The van der Waals surface area contributed by atoms with Gasteiger partial charge in [0, 0.05) is 35.1 Å². The summed E-state index contributed by atoms with van der Waals surface area (Å²) in [5.74, 6) is -1.60. The topological polar surface area (TPSA) is 149 Å². The first-order chi connectivity index (χ1) is 16.4. The number of nitrogens with one attached hydrogen (secondary N) is 1. The van der Waals surface area contributed by atoms with E-state index >= 15 is 0 Å². The number of carbonyl (C=O) groups is 2. The van der Waals surface area contributed by atoms with Crippen LogP contribution in [0.2, 0.25) is 0 Å². The fourth-order valence-corrected chi connectivity index (χ4v) is 4.40. The SMILES string of the molecule is NC(=O)c1ccccc1Sc1cnc(N)c(C(=O)NCc2cn(CCO)c3ccc(F)cc23)n1. The fourth-order valence-electron chi connectivity index (χ4n) is 3.51. The van der Waals surface area contributed by atoms with Crippen molar-refractivity contribution in [2.45, 2.75) is 23.0 Å². The normalized spacial score (nSPS) is 11.0. The molecule has 34 heavy (non-hydrogen) atoms. The fraction of sp³-hybridized carbons (Fsp3) is 0.130. The molecule has 174 valence electrons. The van der Waals surface area contributed by atoms with Crippen molar-refractivity contribution in [1.82, 2.24) is 19.9 Å². The Morgan fingerprint density at radius 3 is 2.76 bits per heavy atom. The summed E-state index contributed by atoms with van der Waals surface area (Å²) in [7, 11) is 0. The number of halogens is 1. The summed E-state index contributed by atoms with van der Waals surface area (Å²) >= 11 is 1.13. The molecule has 2 heterocycles. The van der Waals surface area contributed by atoms with Gasteiger partial charge in [-0.3, -0.25) is 9.59 Å². The second-order valence-electron chi connectivity index (χ2n) is 7.32. The number of nitrogens with zero attached hydrogens (tertiary/aromatic N) is 3. The molecule has 0 fully saturated rings. The predicted octanol–water partition coefficient (Wildman–Crippen LogP) is 2.33. The first kappa shape index (κ1) is 23.2. The highest BCUT2D eigenvalue weighted by Gasteiger charge is 2.17. The van der Waals surface area contributed by atoms with Gasteiger partial charge in [-0.2, -0.15) is 0 Å². The summed E-state index contributed by atoms with van der Waals surface area (Å²) in [5, 5.41) is 13.0. The van der Waals surface area contributed by atoms with E-state index in [2.05, 4.69) is 15.3 Å². The van der Waals surface area contributed by atoms with E-state index < -0.39 is 17.6 Å². The van der Waals surface area contributed by atoms with Crippen LogP contribution in [0.4, 0.5) is 10.2 Å². The number of aliphatic hydroxyl groups is 1. The highest BCUT2D eigenvalue weighted by atomic mass is 32.2. The van der Waals surface area contributed by atoms with Crippen LogP contribution in [0.3, 0.4) is 0 Å². The molecule has 0 saturated heterocycles. The number of anilines is 1. The maximum Gasteiger partial charge on any atom is 0.274 e. The number of nitrogens with two attached hydrogens (primary N) is 2. The molecule has 2 amide bonds. The number of nitrogen functional groups attached to an aromatic ring is 1. The van der Waals surface area contributed by atoms with Gasteiger partial charge in [0.25, 0.3) is 5.91 Å². The van der Waals surface area contributed by atoms with Crippen LogP contribution in [0.25, 0.3) is 10.9 Å². The van der Waals surface area contributed by atoms with Gasteiger partial charge >= 0.3 is 0 Å². The van der Waals surface area contributed by atoms with Gasteiger partial charge in [0.2, 0.25) is 5.91 Å². The van der Waals surface area contributed by atoms with Gasteiger partial charge in [0.15, 0.2) is 11.5 Å². The van der Waals surface area contributed by atoms with E-state index in [4.69, 9.17) is 11.5 Å². The number of aromatic nitrogens is 3. The van der Waals surface area contributed by atoms with Crippen molar-refractivity contribution in [3.05, 3.63) is 77.5 Å². The highest BCUT2D eigenvalue weighted by molar-refractivity contribution is 7.99. The van der Waals surface area contributed by atoms with Crippen LogP contribution in [0.15, 0.2) is 64.8 Å². The third-order valence-electron chi connectivity index (χ3n) is 5.07. The van der Waals surface area contributed by atoms with Crippen molar-refractivity contribution in [1.29, 1.82) is 0 Å². The molecule has 0 radical (unpaired) electrons. The lowest BCUT2D eigenvalue weighted by Gasteiger charge is -2.09. The Hall–Kier alpha value is -3.96. The number of hydrogen-bond donors (Lipinski definition) is 4. The molecule has 0 aliphatic rings. The Morgan fingerprint density at radius 2 is 2.00 bits per heavy atom. The van der Waals surface area contributed by atoms with Gasteiger partial charge < -0.3 is 26.5 Å². The zero-order chi connectivity index (χ0) is 24.2. The average Bonchev–Trinajstić information content (AvgIpc) is 3.15. The molecule has 0 aliphatic heterocycles. The van der Waals surface area contributed by atoms with Crippen molar-refractivity contribution in [3.8, 4) is 0 Å². The minimum absolute atomic E-state index is 0.0567. The summed E-state index contributed by atoms with van der Waals surface area (Å²) in [6.45, 7) is 0.336. The molecular weight excluding hydrogens is 459 g/mol. The maximum atomic E-state index is 13.8. The van der Waals surface area contributed by atoms with E-state index in [0.717, 1.165) is 17.3 Å². The van der Waals surface area contributed by atoms with Gasteiger partial charge in [-0.1, -0.05) is 23.9 Å². The van der Waals surface area contributed by atoms with E-state index in [0.29, 0.717) is 33.0 Å². The van der Waals surface area contributed by atoms with Gasteiger partial charge in [-0.25, -0.2) is 14.4 Å². The van der Waals surface area contributed by atoms with E-state index in [1.807, 2.05) is 0 Å². The Labute approximate surface area is 198 Å². The van der Waals surface area contributed by atoms with Gasteiger partial charge in [-0.05, 0) is 35.9 Å². The van der Waals surface area contributed by atoms with E-state index in [1.165, 1.54) is 18.3 Å². The molecule has 0 atom stereocenters. The number of aliphatic hydroxyl groups excluding tert-OH is 1. The Morgan fingerprint density at radius 1 is 1.21 bits per heavy atom. The molecule has 2 aromatic carbocycles. The number of hydrogen-bond acceptors (Lipinski definition) is 7. The van der Waals surface area contributed by atoms with Crippen molar-refractivity contribution in [2.24, 2.45) is 5.73 Å². The zero-order valence-electron chi connectivity index (χ0n) is 17.9. The van der Waals surface area contributed by atoms with Crippen LogP contribution in [0, 0.1) is 5.82 Å². The molecule has 0 bridgehead atoms. The zero-order valence-corrected chi connectivity index (χ0v) is 18.7. The van der Waals surface area contributed by atoms with Crippen molar-refractivity contribution < 1.29 is 19.1 Å². The summed E-state index contributed by atoms with van der Waals surface area (Å²) in [4.78, 5) is 33.4. The highest BCUT2D eigenvalue weighted by Crippen LogP contribution is 2.29. The van der Waals surface area contributed by atoms with Crippen LogP contribution in [-0.2, 0) is 13.1 Å². The minimum atomic E-state index is -0.582. The molecular formula is C23H21FN6O3S.